The van der Waals surface area contributed by atoms with Gasteiger partial charge in [-0.05, 0) is 17.5 Å². The molecule has 2 heterocycles. The Hall–Kier alpha value is -3.45. The maximum atomic E-state index is 5.29. The van der Waals surface area contributed by atoms with Gasteiger partial charge in [0.05, 0.1) is 19.3 Å². The topological polar surface area (TPSA) is 76.9 Å². The number of aromatic nitrogens is 4. The van der Waals surface area contributed by atoms with Crippen molar-refractivity contribution in [1.29, 1.82) is 0 Å². The molecule has 0 aliphatic rings. The molecule has 0 radical (unpaired) electrons. The largest absolute Gasteiger partial charge is 0.383 e. The molecule has 154 valence electrons. The predicted molar refractivity (Wildman–Crippen MR) is 120 cm³/mol. The molecule has 0 aliphatic heterocycles. The van der Waals surface area contributed by atoms with Crippen LogP contribution in [0, 0.1) is 0 Å². The van der Waals surface area contributed by atoms with Gasteiger partial charge in [-0.2, -0.15) is 4.98 Å². The quantitative estimate of drug-likeness (QED) is 0.421. The van der Waals surface area contributed by atoms with Crippen LogP contribution in [0.2, 0.25) is 0 Å². The van der Waals surface area contributed by atoms with E-state index in [2.05, 4.69) is 56.6 Å². The van der Waals surface area contributed by atoms with E-state index in [9.17, 15) is 0 Å². The normalized spacial score (nSPS) is 11.0. The third kappa shape index (κ3) is 4.93. The molecule has 4 aromatic rings. The van der Waals surface area contributed by atoms with Crippen molar-refractivity contribution in [2.75, 3.05) is 30.9 Å². The molecule has 0 saturated carbocycles. The molecule has 0 fully saturated rings. The van der Waals surface area contributed by atoms with Gasteiger partial charge in [0, 0.05) is 20.2 Å². The summed E-state index contributed by atoms with van der Waals surface area (Å²) < 4.78 is 7.35. The Morgan fingerprint density at radius 2 is 1.63 bits per heavy atom. The van der Waals surface area contributed by atoms with Crippen LogP contribution in [0.5, 0.6) is 0 Å². The van der Waals surface area contributed by atoms with Gasteiger partial charge in [0.1, 0.15) is 5.52 Å². The highest BCUT2D eigenvalue weighted by atomic mass is 16.5. The fraction of sp³-hybridized carbons (Fsp3) is 0.261. The lowest BCUT2D eigenvalue weighted by molar-refractivity contribution is 0.188. The van der Waals surface area contributed by atoms with Gasteiger partial charge in [-0.15, -0.1) is 0 Å². The van der Waals surface area contributed by atoms with Gasteiger partial charge in [0.25, 0.3) is 0 Å². The number of nitrogens with one attached hydrogen (secondary N) is 2. The maximum Gasteiger partial charge on any atom is 0.225 e. The summed E-state index contributed by atoms with van der Waals surface area (Å²) in [7, 11) is 1.70. The van der Waals surface area contributed by atoms with E-state index in [-0.39, 0.29) is 0 Å². The van der Waals surface area contributed by atoms with Gasteiger partial charge in [-0.1, -0.05) is 60.7 Å². The lowest BCUT2D eigenvalue weighted by atomic mass is 10.1. The number of benzene rings is 2. The van der Waals surface area contributed by atoms with Crippen LogP contribution in [0.15, 0.2) is 66.9 Å². The minimum absolute atomic E-state index is 0.579. The predicted octanol–water partition coefficient (Wildman–Crippen LogP) is 3.74. The molecular formula is C23H26N6O. The van der Waals surface area contributed by atoms with E-state index in [4.69, 9.17) is 14.7 Å². The SMILES string of the molecule is COCCn1c(NCCc2ccccc2)nc2cnc(NCc3ccccc3)nc21. The van der Waals surface area contributed by atoms with Gasteiger partial charge >= 0.3 is 0 Å². The number of nitrogens with zero attached hydrogens (tertiary/aromatic N) is 4. The lowest BCUT2D eigenvalue weighted by Gasteiger charge is -2.10. The number of hydrogen-bond acceptors (Lipinski definition) is 6. The maximum absolute atomic E-state index is 5.29. The van der Waals surface area contributed by atoms with E-state index in [1.165, 1.54) is 11.1 Å². The summed E-state index contributed by atoms with van der Waals surface area (Å²) in [6.45, 7) is 2.69. The van der Waals surface area contributed by atoms with Crippen LogP contribution in [0.1, 0.15) is 11.1 Å². The molecule has 30 heavy (non-hydrogen) atoms. The molecule has 4 rings (SSSR count). The zero-order valence-electron chi connectivity index (χ0n) is 17.1. The van der Waals surface area contributed by atoms with E-state index in [0.29, 0.717) is 25.6 Å². The summed E-state index contributed by atoms with van der Waals surface area (Å²) in [5, 5.41) is 6.74. The van der Waals surface area contributed by atoms with Crippen LogP contribution in [0.3, 0.4) is 0 Å². The van der Waals surface area contributed by atoms with Gasteiger partial charge in [-0.3, -0.25) is 4.57 Å². The Balaban J connectivity index is 1.50. The molecule has 0 atom stereocenters. The first kappa shape index (κ1) is 19.8. The Labute approximate surface area is 176 Å². The third-order valence-corrected chi connectivity index (χ3v) is 4.84. The Bertz CT molecular complexity index is 1070. The van der Waals surface area contributed by atoms with Crippen LogP contribution < -0.4 is 10.6 Å². The van der Waals surface area contributed by atoms with Gasteiger partial charge in [0.2, 0.25) is 11.9 Å². The van der Waals surface area contributed by atoms with Crippen molar-refractivity contribution in [3.8, 4) is 0 Å². The van der Waals surface area contributed by atoms with E-state index in [1.54, 1.807) is 13.3 Å². The molecule has 7 heteroatoms. The Morgan fingerprint density at radius 3 is 2.37 bits per heavy atom. The standard InChI is InChI=1S/C23H26N6O/c1-30-15-14-29-21-20(27-23(29)24-13-12-18-8-4-2-5-9-18)17-26-22(28-21)25-16-19-10-6-3-7-11-19/h2-11,17H,12-16H2,1H3,(H,24,27)(H,25,26,28). The molecule has 7 nitrogen and oxygen atoms in total. The van der Waals surface area contributed by atoms with Crippen molar-refractivity contribution in [2.24, 2.45) is 0 Å². The number of anilines is 2. The van der Waals surface area contributed by atoms with Gasteiger partial charge in [0.15, 0.2) is 5.65 Å². The summed E-state index contributed by atoms with van der Waals surface area (Å²) in [5.41, 5.74) is 4.02. The second-order valence-corrected chi connectivity index (χ2v) is 6.98. The van der Waals surface area contributed by atoms with Crippen LogP contribution in [-0.2, 0) is 24.2 Å². The fourth-order valence-electron chi connectivity index (χ4n) is 3.27. The smallest absolute Gasteiger partial charge is 0.225 e. The van der Waals surface area contributed by atoms with Crippen LogP contribution >= 0.6 is 0 Å². The van der Waals surface area contributed by atoms with Gasteiger partial charge in [-0.25, -0.2) is 9.97 Å². The summed E-state index contributed by atoms with van der Waals surface area (Å²) in [5.74, 6) is 1.37. The molecule has 0 bridgehead atoms. The molecular weight excluding hydrogens is 376 g/mol. The van der Waals surface area contributed by atoms with Crippen molar-refractivity contribution in [1.82, 2.24) is 19.5 Å². The zero-order valence-corrected chi connectivity index (χ0v) is 17.1. The minimum atomic E-state index is 0.579. The zero-order chi connectivity index (χ0) is 20.6. The molecule has 0 amide bonds. The number of hydrogen-bond donors (Lipinski definition) is 2. The monoisotopic (exact) mass is 402 g/mol. The number of ether oxygens (including phenoxy) is 1. The third-order valence-electron chi connectivity index (χ3n) is 4.84. The van der Waals surface area contributed by atoms with E-state index in [0.717, 1.165) is 30.1 Å². The average molecular weight is 403 g/mol. The van der Waals surface area contributed by atoms with Crippen molar-refractivity contribution >= 4 is 23.1 Å². The van der Waals surface area contributed by atoms with Gasteiger partial charge < -0.3 is 15.4 Å². The first-order chi connectivity index (χ1) is 14.8. The molecule has 2 N–H and O–H groups in total. The molecule has 0 unspecified atom stereocenters. The van der Waals surface area contributed by atoms with Crippen LogP contribution in [0.4, 0.5) is 11.9 Å². The Kier molecular flexibility index (Phi) is 6.51. The van der Waals surface area contributed by atoms with Crippen LogP contribution in [-0.4, -0.2) is 39.8 Å². The number of rotatable bonds is 10. The molecule has 0 spiro atoms. The van der Waals surface area contributed by atoms with Crippen LogP contribution in [0.25, 0.3) is 11.2 Å². The van der Waals surface area contributed by atoms with Crippen molar-refractivity contribution < 1.29 is 4.74 Å². The van der Waals surface area contributed by atoms with E-state index in [1.807, 2.05) is 24.3 Å². The number of fused-ring (bicyclic) bond motifs is 1. The fourth-order valence-corrected chi connectivity index (χ4v) is 3.27. The highest BCUT2D eigenvalue weighted by Gasteiger charge is 2.13. The minimum Gasteiger partial charge on any atom is -0.383 e. The summed E-state index contributed by atoms with van der Waals surface area (Å²) >= 11 is 0. The van der Waals surface area contributed by atoms with Crippen molar-refractivity contribution in [2.45, 2.75) is 19.5 Å². The molecule has 2 aromatic carbocycles. The summed E-state index contributed by atoms with van der Waals surface area (Å²) in [4.78, 5) is 13.8. The van der Waals surface area contributed by atoms with E-state index >= 15 is 0 Å². The van der Waals surface area contributed by atoms with E-state index < -0.39 is 0 Å². The highest BCUT2D eigenvalue weighted by molar-refractivity contribution is 5.75. The molecule has 0 aliphatic carbocycles. The average Bonchev–Trinajstić information content (AvgIpc) is 3.14. The number of methoxy groups -OCH3 is 1. The summed E-state index contributed by atoms with van der Waals surface area (Å²) in [6, 6.07) is 20.6. The summed E-state index contributed by atoms with van der Waals surface area (Å²) in [6.07, 6.45) is 2.69. The lowest BCUT2D eigenvalue weighted by Crippen LogP contribution is -2.13. The second-order valence-electron chi connectivity index (χ2n) is 6.98. The first-order valence-electron chi connectivity index (χ1n) is 10.1. The second kappa shape index (κ2) is 9.84. The van der Waals surface area contributed by atoms with Crippen molar-refractivity contribution in [3.63, 3.8) is 0 Å². The molecule has 2 aromatic heterocycles. The highest BCUT2D eigenvalue weighted by Crippen LogP contribution is 2.19. The van der Waals surface area contributed by atoms with Crippen molar-refractivity contribution in [3.05, 3.63) is 78.0 Å². The molecule has 0 saturated heterocycles. The first-order valence-corrected chi connectivity index (χ1v) is 10.1. The number of imidazole rings is 1. The Morgan fingerprint density at radius 1 is 0.900 bits per heavy atom.